The minimum absolute atomic E-state index is 0.257. The van der Waals surface area contributed by atoms with Gasteiger partial charge in [0.2, 0.25) is 11.9 Å². The second kappa shape index (κ2) is 6.28. The Morgan fingerprint density at radius 2 is 2.00 bits per heavy atom. The maximum atomic E-state index is 6.27. The molecule has 1 aromatic carbocycles. The number of aliphatic imine (C=N–C) groups is 2. The van der Waals surface area contributed by atoms with E-state index < -0.39 is 5.66 Å². The lowest BCUT2D eigenvalue weighted by atomic mass is 9.87. The van der Waals surface area contributed by atoms with E-state index in [1.807, 2.05) is 23.1 Å². The molecule has 5 N–H and O–H groups in total. The second-order valence-electron chi connectivity index (χ2n) is 6.01. The quantitative estimate of drug-likeness (QED) is 0.792. The molecule has 1 heterocycles. The van der Waals surface area contributed by atoms with Crippen LogP contribution in [-0.2, 0) is 0 Å². The smallest absolute Gasteiger partial charge is 0.220 e. The summed E-state index contributed by atoms with van der Waals surface area (Å²) in [5.74, 6) is 0.633. The third kappa shape index (κ3) is 2.95. The Balaban J connectivity index is 2.12. The van der Waals surface area contributed by atoms with Crippen LogP contribution in [0.4, 0.5) is 11.4 Å². The van der Waals surface area contributed by atoms with E-state index in [1.165, 1.54) is 6.42 Å². The van der Waals surface area contributed by atoms with Crippen molar-refractivity contribution in [2.75, 3.05) is 16.8 Å². The fourth-order valence-corrected chi connectivity index (χ4v) is 3.67. The van der Waals surface area contributed by atoms with Crippen LogP contribution in [0.5, 0.6) is 0 Å². The lowest BCUT2D eigenvalue weighted by molar-refractivity contribution is 0.305. The van der Waals surface area contributed by atoms with Crippen molar-refractivity contribution in [3.63, 3.8) is 0 Å². The fourth-order valence-electron chi connectivity index (χ4n) is 3.50. The number of hydrogen-bond donors (Lipinski definition) is 3. The zero-order chi connectivity index (χ0) is 16.4. The number of nitrogens with zero attached hydrogens (tertiary/aromatic N) is 3. The molecule has 1 aliphatic carbocycles. The van der Waals surface area contributed by atoms with E-state index in [0.29, 0.717) is 11.0 Å². The summed E-state index contributed by atoms with van der Waals surface area (Å²) in [5, 5.41) is 4.02. The van der Waals surface area contributed by atoms with Crippen molar-refractivity contribution in [2.24, 2.45) is 21.5 Å². The van der Waals surface area contributed by atoms with Gasteiger partial charge in [0.1, 0.15) is 5.66 Å². The topological polar surface area (TPSA) is 92.0 Å². The molecular formula is C16H23ClN6. The van der Waals surface area contributed by atoms with Gasteiger partial charge in [-0.15, -0.1) is 0 Å². The zero-order valence-corrected chi connectivity index (χ0v) is 14.1. The Morgan fingerprint density at radius 3 is 2.70 bits per heavy atom. The van der Waals surface area contributed by atoms with Crippen LogP contribution in [0, 0.1) is 0 Å². The second-order valence-corrected chi connectivity index (χ2v) is 6.45. The highest BCUT2D eigenvalue weighted by atomic mass is 35.5. The number of benzene rings is 1. The molecule has 1 saturated carbocycles. The van der Waals surface area contributed by atoms with Crippen molar-refractivity contribution in [1.29, 1.82) is 0 Å². The maximum absolute atomic E-state index is 6.27. The average Bonchev–Trinajstić information content (AvgIpc) is 2.50. The van der Waals surface area contributed by atoms with Gasteiger partial charge in [0.15, 0.2) is 0 Å². The van der Waals surface area contributed by atoms with Crippen molar-refractivity contribution in [3.05, 3.63) is 23.2 Å². The van der Waals surface area contributed by atoms with Crippen LogP contribution in [0.25, 0.3) is 0 Å². The first-order chi connectivity index (χ1) is 11.1. The summed E-state index contributed by atoms with van der Waals surface area (Å²) in [7, 11) is 0. The van der Waals surface area contributed by atoms with Crippen LogP contribution in [0.1, 0.15) is 39.0 Å². The van der Waals surface area contributed by atoms with Gasteiger partial charge in [0.25, 0.3) is 0 Å². The number of hydrogen-bond acceptors (Lipinski definition) is 6. The number of rotatable bonds is 3. The van der Waals surface area contributed by atoms with E-state index in [2.05, 4.69) is 17.2 Å². The molecule has 0 radical (unpaired) electrons. The molecule has 1 aromatic rings. The Morgan fingerprint density at radius 1 is 1.26 bits per heavy atom. The molecule has 124 valence electrons. The summed E-state index contributed by atoms with van der Waals surface area (Å²) in [6.45, 7) is 2.86. The van der Waals surface area contributed by atoms with Crippen LogP contribution in [0.2, 0.25) is 5.02 Å². The summed E-state index contributed by atoms with van der Waals surface area (Å²) in [4.78, 5) is 10.9. The molecule has 1 aliphatic heterocycles. The third-order valence-corrected chi connectivity index (χ3v) is 4.65. The molecule has 6 nitrogen and oxygen atoms in total. The highest BCUT2D eigenvalue weighted by Crippen LogP contribution is 2.42. The van der Waals surface area contributed by atoms with Gasteiger partial charge in [0.05, 0.1) is 11.4 Å². The average molecular weight is 335 g/mol. The van der Waals surface area contributed by atoms with Crippen LogP contribution < -0.4 is 21.7 Å². The minimum atomic E-state index is -0.455. The van der Waals surface area contributed by atoms with Crippen molar-refractivity contribution in [2.45, 2.75) is 44.7 Å². The van der Waals surface area contributed by atoms with Crippen molar-refractivity contribution >= 4 is 34.9 Å². The number of halogens is 1. The molecular weight excluding hydrogens is 312 g/mol. The fraction of sp³-hybridized carbons (Fsp3) is 0.500. The summed E-state index contributed by atoms with van der Waals surface area (Å²) < 4.78 is 0. The molecule has 7 heteroatoms. The lowest BCUT2D eigenvalue weighted by Crippen LogP contribution is -2.58. The summed E-state index contributed by atoms with van der Waals surface area (Å²) >= 11 is 6.24. The molecule has 0 amide bonds. The van der Waals surface area contributed by atoms with Crippen LogP contribution in [-0.4, -0.2) is 24.1 Å². The largest absolute Gasteiger partial charge is 0.384 e. The molecule has 23 heavy (non-hydrogen) atoms. The van der Waals surface area contributed by atoms with Crippen LogP contribution in [0.3, 0.4) is 0 Å². The first kappa shape index (κ1) is 15.9. The third-order valence-electron chi connectivity index (χ3n) is 4.42. The predicted octanol–water partition coefficient (Wildman–Crippen LogP) is 2.88. The van der Waals surface area contributed by atoms with Gasteiger partial charge in [-0.05, 0) is 50.8 Å². The van der Waals surface area contributed by atoms with Gasteiger partial charge in [-0.25, -0.2) is 4.99 Å². The maximum Gasteiger partial charge on any atom is 0.220 e. The van der Waals surface area contributed by atoms with E-state index in [0.717, 1.165) is 43.6 Å². The molecule has 0 aromatic heterocycles. The van der Waals surface area contributed by atoms with Crippen molar-refractivity contribution in [1.82, 2.24) is 0 Å². The van der Waals surface area contributed by atoms with Crippen LogP contribution >= 0.6 is 11.6 Å². The van der Waals surface area contributed by atoms with Gasteiger partial charge in [-0.3, -0.25) is 4.90 Å². The molecule has 0 unspecified atom stereocenters. The molecule has 0 saturated heterocycles. The summed E-state index contributed by atoms with van der Waals surface area (Å²) in [6, 6.07) is 5.74. The zero-order valence-electron chi connectivity index (χ0n) is 13.3. The van der Waals surface area contributed by atoms with Crippen molar-refractivity contribution in [3.8, 4) is 0 Å². The van der Waals surface area contributed by atoms with Gasteiger partial charge in [0, 0.05) is 11.6 Å². The Kier molecular flexibility index (Phi) is 4.35. The van der Waals surface area contributed by atoms with Gasteiger partial charge in [-0.2, -0.15) is 4.99 Å². The van der Waals surface area contributed by atoms with E-state index in [-0.39, 0.29) is 5.96 Å². The van der Waals surface area contributed by atoms with Crippen molar-refractivity contribution < 1.29 is 0 Å². The Labute approximate surface area is 141 Å². The first-order valence-corrected chi connectivity index (χ1v) is 8.47. The van der Waals surface area contributed by atoms with Gasteiger partial charge < -0.3 is 16.8 Å². The van der Waals surface area contributed by atoms with E-state index in [9.17, 15) is 0 Å². The number of guanidine groups is 2. The molecule has 0 atom stereocenters. The molecule has 2 aliphatic rings. The lowest BCUT2D eigenvalue weighted by Gasteiger charge is -2.46. The standard InChI is InChI=1S/C16H23ClN6/c1-2-20-12-7-6-11(17)10-13(12)23-15(19)21-14(18)22-16(23)8-4-3-5-9-16/h6-7,10,20H,2-5,8-9H2,1H3,(H4,18,19,21,22). The highest BCUT2D eigenvalue weighted by molar-refractivity contribution is 6.31. The molecule has 3 rings (SSSR count). The molecule has 0 bridgehead atoms. The number of nitrogens with one attached hydrogen (secondary N) is 1. The monoisotopic (exact) mass is 334 g/mol. The highest BCUT2D eigenvalue weighted by Gasteiger charge is 2.43. The van der Waals surface area contributed by atoms with Gasteiger partial charge in [-0.1, -0.05) is 18.0 Å². The van der Waals surface area contributed by atoms with Crippen LogP contribution in [0.15, 0.2) is 28.2 Å². The first-order valence-electron chi connectivity index (χ1n) is 8.09. The molecule has 1 fully saturated rings. The summed E-state index contributed by atoms with van der Waals surface area (Å²) in [6.07, 6.45) is 5.21. The summed E-state index contributed by atoms with van der Waals surface area (Å²) in [5.41, 5.74) is 13.6. The Bertz CT molecular complexity index is 648. The molecule has 1 spiro atoms. The predicted molar refractivity (Wildman–Crippen MR) is 97.2 cm³/mol. The minimum Gasteiger partial charge on any atom is -0.384 e. The van der Waals surface area contributed by atoms with E-state index >= 15 is 0 Å². The normalized spacial score (nSPS) is 20.2. The SMILES string of the molecule is CCNc1ccc(Cl)cc1N1C(N)=NC(N)=NC12CCCCC2. The Hall–Kier alpha value is -1.95. The number of anilines is 2. The van der Waals surface area contributed by atoms with E-state index in [4.69, 9.17) is 28.1 Å². The van der Waals surface area contributed by atoms with Gasteiger partial charge >= 0.3 is 0 Å². The number of nitrogens with two attached hydrogens (primary N) is 2. The van der Waals surface area contributed by atoms with E-state index in [1.54, 1.807) is 0 Å².